The molecule has 0 amide bonds. The Bertz CT molecular complexity index is 598. The number of Topliss-reactive ketones (excluding diaryl/α,β-unsaturated/α-hetero) is 1. The van der Waals surface area contributed by atoms with Gasteiger partial charge in [0.25, 0.3) is 0 Å². The molecule has 4 saturated carbocycles. The van der Waals surface area contributed by atoms with E-state index in [0.29, 0.717) is 29.5 Å². The highest BCUT2D eigenvalue weighted by molar-refractivity contribution is 5.82. The van der Waals surface area contributed by atoms with Crippen molar-refractivity contribution >= 4 is 11.8 Å². The van der Waals surface area contributed by atoms with E-state index in [1.165, 1.54) is 32.1 Å². The fourth-order valence-electron chi connectivity index (χ4n) is 7.79. The molecule has 3 nitrogen and oxygen atoms in total. The minimum absolute atomic E-state index is 0.0331. The third kappa shape index (κ3) is 2.59. The van der Waals surface area contributed by atoms with E-state index >= 15 is 0 Å². The van der Waals surface area contributed by atoms with Crippen molar-refractivity contribution in [2.45, 2.75) is 91.6 Å². The first-order valence-corrected chi connectivity index (χ1v) is 11.0. The quantitative estimate of drug-likeness (QED) is 0.638. The standard InChI is InChI=1S/C23H36O3/c1-5-21(25)26-20-9-8-17-16-7-6-15-12-19(24)14(2)13-23(15,4)18(16)10-11-22(17,20)3/h14-18,20H,5-13H2,1-4H3/t14-,15-,16+,17+,18+,20+,22-,23-/m0/s1. The highest BCUT2D eigenvalue weighted by Gasteiger charge is 2.61. The summed E-state index contributed by atoms with van der Waals surface area (Å²) in [5.41, 5.74) is 0.515. The lowest BCUT2D eigenvalue weighted by atomic mass is 9.44. The molecule has 0 spiro atoms. The van der Waals surface area contributed by atoms with E-state index in [4.69, 9.17) is 4.74 Å². The number of carbonyl (C=O) groups is 2. The molecule has 3 heteroatoms. The maximum atomic E-state index is 12.3. The Kier molecular flexibility index (Phi) is 4.51. The largest absolute Gasteiger partial charge is 0.462 e. The van der Waals surface area contributed by atoms with Gasteiger partial charge < -0.3 is 4.74 Å². The van der Waals surface area contributed by atoms with Crippen LogP contribution >= 0.6 is 0 Å². The molecule has 0 unspecified atom stereocenters. The van der Waals surface area contributed by atoms with Crippen LogP contribution < -0.4 is 0 Å². The van der Waals surface area contributed by atoms with Crippen LogP contribution in [0.3, 0.4) is 0 Å². The van der Waals surface area contributed by atoms with E-state index in [-0.39, 0.29) is 23.4 Å². The summed E-state index contributed by atoms with van der Waals surface area (Å²) < 4.78 is 5.89. The molecule has 0 aromatic carbocycles. The van der Waals surface area contributed by atoms with Gasteiger partial charge in [-0.25, -0.2) is 0 Å². The highest BCUT2D eigenvalue weighted by Crippen LogP contribution is 2.66. The van der Waals surface area contributed by atoms with Gasteiger partial charge in [0.2, 0.25) is 0 Å². The van der Waals surface area contributed by atoms with Crippen LogP contribution in [0.4, 0.5) is 0 Å². The summed E-state index contributed by atoms with van der Waals surface area (Å²) >= 11 is 0. The SMILES string of the molecule is CCC(=O)O[C@@H]1CC[C@@H]2[C@H]3CC[C@H]4CC(=O)[C@@H](C)C[C@]4(C)[C@@H]3CC[C@@]21C. The van der Waals surface area contributed by atoms with Crippen LogP contribution in [0.5, 0.6) is 0 Å². The van der Waals surface area contributed by atoms with Crippen molar-refractivity contribution in [1.29, 1.82) is 0 Å². The zero-order valence-corrected chi connectivity index (χ0v) is 17.1. The molecule has 0 bridgehead atoms. The smallest absolute Gasteiger partial charge is 0.305 e. The number of ketones is 1. The van der Waals surface area contributed by atoms with E-state index < -0.39 is 0 Å². The van der Waals surface area contributed by atoms with Gasteiger partial charge in [-0.15, -0.1) is 0 Å². The zero-order chi connectivity index (χ0) is 18.7. The second kappa shape index (κ2) is 6.34. The molecule has 4 fully saturated rings. The molecule has 26 heavy (non-hydrogen) atoms. The molecule has 0 aromatic heterocycles. The third-order valence-electron chi connectivity index (χ3n) is 9.28. The van der Waals surface area contributed by atoms with Crippen molar-refractivity contribution in [1.82, 2.24) is 0 Å². The zero-order valence-electron chi connectivity index (χ0n) is 17.1. The number of hydrogen-bond donors (Lipinski definition) is 0. The maximum Gasteiger partial charge on any atom is 0.305 e. The number of carbonyl (C=O) groups excluding carboxylic acids is 2. The van der Waals surface area contributed by atoms with Crippen LogP contribution in [-0.4, -0.2) is 17.9 Å². The predicted octanol–water partition coefficient (Wildman–Crippen LogP) is 5.17. The van der Waals surface area contributed by atoms with Crippen molar-refractivity contribution in [3.8, 4) is 0 Å². The third-order valence-corrected chi connectivity index (χ3v) is 9.28. The minimum atomic E-state index is -0.0331. The molecule has 146 valence electrons. The Labute approximate surface area is 158 Å². The van der Waals surface area contributed by atoms with Crippen molar-refractivity contribution < 1.29 is 14.3 Å². The van der Waals surface area contributed by atoms with Gasteiger partial charge in [0.05, 0.1) is 0 Å². The van der Waals surface area contributed by atoms with E-state index in [1.807, 2.05) is 6.92 Å². The average molecular weight is 361 g/mol. The summed E-state index contributed by atoms with van der Waals surface area (Å²) in [5, 5.41) is 0. The Morgan fingerprint density at radius 3 is 2.54 bits per heavy atom. The lowest BCUT2D eigenvalue weighted by Gasteiger charge is -2.60. The first-order chi connectivity index (χ1) is 12.3. The number of fused-ring (bicyclic) bond motifs is 5. The van der Waals surface area contributed by atoms with Crippen molar-refractivity contribution in [3.05, 3.63) is 0 Å². The molecule has 0 heterocycles. The number of hydrogen-bond acceptors (Lipinski definition) is 3. The molecule has 0 saturated heterocycles. The summed E-state index contributed by atoms with van der Waals surface area (Å²) in [6.07, 6.45) is 9.72. The second-order valence-corrected chi connectivity index (χ2v) is 10.4. The van der Waals surface area contributed by atoms with Crippen LogP contribution in [0, 0.1) is 40.4 Å². The second-order valence-electron chi connectivity index (χ2n) is 10.4. The topological polar surface area (TPSA) is 43.4 Å². The molecule has 0 radical (unpaired) electrons. The molecular weight excluding hydrogens is 324 g/mol. The average Bonchev–Trinajstić information content (AvgIpc) is 2.93. The van der Waals surface area contributed by atoms with Crippen LogP contribution in [0.15, 0.2) is 0 Å². The van der Waals surface area contributed by atoms with Crippen LogP contribution in [0.2, 0.25) is 0 Å². The molecule has 4 aliphatic carbocycles. The molecule has 8 atom stereocenters. The van der Waals surface area contributed by atoms with Crippen LogP contribution in [-0.2, 0) is 14.3 Å². The number of esters is 1. The van der Waals surface area contributed by atoms with Gasteiger partial charge in [0.15, 0.2) is 0 Å². The van der Waals surface area contributed by atoms with E-state index in [1.54, 1.807) is 0 Å². The summed E-state index contributed by atoms with van der Waals surface area (Å²) in [5.74, 6) is 3.53. The van der Waals surface area contributed by atoms with E-state index in [0.717, 1.165) is 31.1 Å². The Morgan fingerprint density at radius 2 is 1.81 bits per heavy atom. The first-order valence-electron chi connectivity index (χ1n) is 11.0. The lowest BCUT2D eigenvalue weighted by molar-refractivity contribution is -0.165. The van der Waals surface area contributed by atoms with Gasteiger partial charge >= 0.3 is 5.97 Å². The number of ether oxygens (including phenoxy) is 1. The number of rotatable bonds is 2. The van der Waals surface area contributed by atoms with E-state index in [9.17, 15) is 9.59 Å². The minimum Gasteiger partial charge on any atom is -0.462 e. The monoisotopic (exact) mass is 360 g/mol. The van der Waals surface area contributed by atoms with Gasteiger partial charge in [0.1, 0.15) is 11.9 Å². The van der Waals surface area contributed by atoms with Crippen molar-refractivity contribution in [2.75, 3.05) is 0 Å². The first kappa shape index (κ1) is 18.5. The summed E-state index contributed by atoms with van der Waals surface area (Å²) in [6, 6.07) is 0. The van der Waals surface area contributed by atoms with Crippen molar-refractivity contribution in [3.63, 3.8) is 0 Å². The van der Waals surface area contributed by atoms with Gasteiger partial charge in [-0.1, -0.05) is 27.7 Å². The molecule has 4 rings (SSSR count). The van der Waals surface area contributed by atoms with Gasteiger partial charge in [-0.2, -0.15) is 0 Å². The molecule has 0 aromatic rings. The van der Waals surface area contributed by atoms with Crippen molar-refractivity contribution in [2.24, 2.45) is 40.4 Å². The summed E-state index contributed by atoms with van der Waals surface area (Å²) in [4.78, 5) is 24.2. The highest BCUT2D eigenvalue weighted by atomic mass is 16.5. The summed E-state index contributed by atoms with van der Waals surface area (Å²) in [7, 11) is 0. The predicted molar refractivity (Wildman–Crippen MR) is 101 cm³/mol. The maximum absolute atomic E-state index is 12.3. The van der Waals surface area contributed by atoms with Crippen LogP contribution in [0.1, 0.15) is 85.5 Å². The van der Waals surface area contributed by atoms with Gasteiger partial charge in [-0.05, 0) is 74.0 Å². The Hall–Kier alpha value is -0.860. The normalized spacial score (nSPS) is 50.5. The van der Waals surface area contributed by atoms with E-state index in [2.05, 4.69) is 20.8 Å². The summed E-state index contributed by atoms with van der Waals surface area (Å²) in [6.45, 7) is 8.94. The van der Waals surface area contributed by atoms with Gasteiger partial charge in [-0.3, -0.25) is 9.59 Å². The molecule has 4 aliphatic rings. The Morgan fingerprint density at radius 1 is 1.08 bits per heavy atom. The fraction of sp³-hybridized carbons (Fsp3) is 0.913. The molecule has 0 N–H and O–H groups in total. The lowest BCUT2D eigenvalue weighted by Crippen LogP contribution is -2.55. The van der Waals surface area contributed by atoms with Gasteiger partial charge in [0, 0.05) is 24.2 Å². The fourth-order valence-corrected chi connectivity index (χ4v) is 7.79. The molecular formula is C23H36O3. The van der Waals surface area contributed by atoms with Crippen LogP contribution in [0.25, 0.3) is 0 Å². The molecule has 0 aliphatic heterocycles. The Balaban J connectivity index is 1.57.